The van der Waals surface area contributed by atoms with E-state index < -0.39 is 0 Å². The molecule has 2 aromatic rings. The van der Waals surface area contributed by atoms with E-state index in [9.17, 15) is 9.59 Å². The molecule has 0 saturated carbocycles. The predicted molar refractivity (Wildman–Crippen MR) is 92.1 cm³/mol. The zero-order valence-electron chi connectivity index (χ0n) is 14.3. The molecule has 0 radical (unpaired) electrons. The number of benzene rings is 2. The van der Waals surface area contributed by atoms with E-state index in [1.807, 2.05) is 65.8 Å². The van der Waals surface area contributed by atoms with Gasteiger partial charge < -0.3 is 0 Å². The third kappa shape index (κ3) is 4.39. The summed E-state index contributed by atoms with van der Waals surface area (Å²) in [6.45, 7) is 11.9. The Hall–Kier alpha value is -2.22. The van der Waals surface area contributed by atoms with Gasteiger partial charge in [-0.05, 0) is 63.8 Å². The topological polar surface area (TPSA) is 34.1 Å². The lowest BCUT2D eigenvalue weighted by Crippen LogP contribution is -1.91. The zero-order valence-corrected chi connectivity index (χ0v) is 14.3. The molecule has 0 unspecified atom stereocenters. The molecule has 0 saturated heterocycles. The fourth-order valence-corrected chi connectivity index (χ4v) is 2.75. The van der Waals surface area contributed by atoms with Crippen molar-refractivity contribution in [2.24, 2.45) is 0 Å². The van der Waals surface area contributed by atoms with E-state index in [1.165, 1.54) is 11.1 Å². The molecule has 0 heterocycles. The third-order valence-corrected chi connectivity index (χ3v) is 3.71. The Balaban J connectivity index is 0.000000220. The molecular weight excluding hydrogens is 272 g/mol. The van der Waals surface area contributed by atoms with Crippen molar-refractivity contribution in [2.75, 3.05) is 0 Å². The van der Waals surface area contributed by atoms with Crippen LogP contribution in [0.4, 0.5) is 0 Å². The van der Waals surface area contributed by atoms with Gasteiger partial charge in [-0.3, -0.25) is 9.59 Å². The molecule has 0 aliphatic carbocycles. The van der Waals surface area contributed by atoms with Crippen LogP contribution in [0, 0.1) is 41.5 Å². The van der Waals surface area contributed by atoms with Gasteiger partial charge in [-0.25, -0.2) is 0 Å². The summed E-state index contributed by atoms with van der Waals surface area (Å²) in [6.07, 6.45) is 1.84. The third-order valence-electron chi connectivity index (χ3n) is 3.71. The van der Waals surface area contributed by atoms with Crippen LogP contribution in [0.5, 0.6) is 0 Å². The van der Waals surface area contributed by atoms with E-state index in [4.69, 9.17) is 0 Å². The van der Waals surface area contributed by atoms with Gasteiger partial charge in [-0.2, -0.15) is 0 Å². The van der Waals surface area contributed by atoms with Gasteiger partial charge in [-0.1, -0.05) is 35.4 Å². The lowest BCUT2D eigenvalue weighted by atomic mass is 10.0. The molecule has 0 N–H and O–H groups in total. The van der Waals surface area contributed by atoms with E-state index >= 15 is 0 Å². The maximum absolute atomic E-state index is 10.6. The highest BCUT2D eigenvalue weighted by atomic mass is 16.1. The van der Waals surface area contributed by atoms with Gasteiger partial charge in [0.25, 0.3) is 0 Å². The summed E-state index contributed by atoms with van der Waals surface area (Å²) >= 11 is 0. The fraction of sp³-hybridized carbons (Fsp3) is 0.300. The van der Waals surface area contributed by atoms with Crippen molar-refractivity contribution in [2.45, 2.75) is 41.5 Å². The average molecular weight is 296 g/mol. The first kappa shape index (κ1) is 17.8. The first-order valence-electron chi connectivity index (χ1n) is 7.36. The smallest absolute Gasteiger partial charge is 0.150 e. The standard InChI is InChI=1S/2C10H12O/c2*1-7-4-8(2)10(6-11)9(3)5-7/h2*4-6H,1-3H3. The summed E-state index contributed by atoms with van der Waals surface area (Å²) in [5.41, 5.74) is 8.35. The Labute approximate surface area is 133 Å². The molecule has 0 aliphatic heterocycles. The fourth-order valence-electron chi connectivity index (χ4n) is 2.75. The SMILES string of the molecule is Cc1cc(C)c(C=O)c(C)c1.Cc1cc(C)c(C=O)c(C)c1. The monoisotopic (exact) mass is 296 g/mol. The second-order valence-corrected chi connectivity index (χ2v) is 5.86. The minimum atomic E-state index is 0.829. The minimum absolute atomic E-state index is 0.829. The van der Waals surface area contributed by atoms with E-state index in [2.05, 4.69) is 0 Å². The van der Waals surface area contributed by atoms with Crippen LogP contribution in [0.1, 0.15) is 54.1 Å². The minimum Gasteiger partial charge on any atom is -0.298 e. The molecule has 0 amide bonds. The van der Waals surface area contributed by atoms with Crippen LogP contribution in [0.25, 0.3) is 0 Å². The van der Waals surface area contributed by atoms with E-state index in [0.717, 1.165) is 46.0 Å². The molecule has 2 rings (SSSR count). The lowest BCUT2D eigenvalue weighted by molar-refractivity contribution is 0.111. The summed E-state index contributed by atoms with van der Waals surface area (Å²) in [5.74, 6) is 0. The van der Waals surface area contributed by atoms with Gasteiger partial charge in [-0.15, -0.1) is 0 Å². The van der Waals surface area contributed by atoms with Crippen LogP contribution in [0.15, 0.2) is 24.3 Å². The molecule has 0 bridgehead atoms. The highest BCUT2D eigenvalue weighted by Gasteiger charge is 2.01. The number of rotatable bonds is 2. The Kier molecular flexibility index (Phi) is 6.24. The quantitative estimate of drug-likeness (QED) is 0.742. The molecule has 2 aromatic carbocycles. The van der Waals surface area contributed by atoms with Crippen molar-refractivity contribution < 1.29 is 9.59 Å². The summed E-state index contributed by atoms with van der Waals surface area (Å²) in [4.78, 5) is 21.1. The van der Waals surface area contributed by atoms with Gasteiger partial charge in [0.05, 0.1) is 0 Å². The van der Waals surface area contributed by atoms with Crippen LogP contribution < -0.4 is 0 Å². The normalized spacial score (nSPS) is 9.73. The molecule has 0 aliphatic rings. The highest BCUT2D eigenvalue weighted by Crippen LogP contribution is 2.14. The lowest BCUT2D eigenvalue weighted by Gasteiger charge is -2.03. The summed E-state index contributed by atoms with van der Waals surface area (Å²) in [6, 6.07) is 8.10. The van der Waals surface area contributed by atoms with E-state index in [0.29, 0.717) is 0 Å². The highest BCUT2D eigenvalue weighted by molar-refractivity contribution is 5.80. The Bertz CT molecular complexity index is 589. The van der Waals surface area contributed by atoms with E-state index in [-0.39, 0.29) is 0 Å². The molecule has 2 nitrogen and oxygen atoms in total. The van der Waals surface area contributed by atoms with Crippen LogP contribution in [0.2, 0.25) is 0 Å². The van der Waals surface area contributed by atoms with Gasteiger partial charge in [0.1, 0.15) is 0 Å². The van der Waals surface area contributed by atoms with Crippen molar-refractivity contribution in [1.29, 1.82) is 0 Å². The first-order chi connectivity index (χ1) is 10.3. The number of carbonyl (C=O) groups excluding carboxylic acids is 2. The van der Waals surface area contributed by atoms with Gasteiger partial charge in [0, 0.05) is 11.1 Å². The number of hydrogen-bond acceptors (Lipinski definition) is 2. The maximum atomic E-state index is 10.6. The van der Waals surface area contributed by atoms with Crippen molar-refractivity contribution in [1.82, 2.24) is 0 Å². The molecule has 22 heavy (non-hydrogen) atoms. The van der Waals surface area contributed by atoms with Crippen molar-refractivity contribution in [3.05, 3.63) is 68.8 Å². The Morgan fingerprint density at radius 1 is 0.545 bits per heavy atom. The largest absolute Gasteiger partial charge is 0.298 e. The summed E-state index contributed by atoms with van der Waals surface area (Å²) in [5, 5.41) is 0. The summed E-state index contributed by atoms with van der Waals surface area (Å²) < 4.78 is 0. The van der Waals surface area contributed by atoms with Crippen molar-refractivity contribution in [3.63, 3.8) is 0 Å². The van der Waals surface area contributed by atoms with Crippen LogP contribution in [0.3, 0.4) is 0 Å². The number of aldehydes is 2. The van der Waals surface area contributed by atoms with E-state index in [1.54, 1.807) is 0 Å². The van der Waals surface area contributed by atoms with Gasteiger partial charge >= 0.3 is 0 Å². The predicted octanol–water partition coefficient (Wildman–Crippen LogP) is 4.85. The molecule has 116 valence electrons. The average Bonchev–Trinajstić information content (AvgIpc) is 2.38. The zero-order chi connectivity index (χ0) is 16.9. The van der Waals surface area contributed by atoms with Crippen molar-refractivity contribution in [3.8, 4) is 0 Å². The molecule has 0 fully saturated rings. The number of hydrogen-bond donors (Lipinski definition) is 0. The Morgan fingerprint density at radius 2 is 0.773 bits per heavy atom. The second kappa shape index (κ2) is 7.69. The van der Waals surface area contributed by atoms with Gasteiger partial charge in [0.15, 0.2) is 12.6 Å². The summed E-state index contributed by atoms with van der Waals surface area (Å²) in [7, 11) is 0. The van der Waals surface area contributed by atoms with Crippen molar-refractivity contribution >= 4 is 12.6 Å². The second-order valence-electron chi connectivity index (χ2n) is 5.86. The van der Waals surface area contributed by atoms with Crippen LogP contribution in [-0.2, 0) is 0 Å². The maximum Gasteiger partial charge on any atom is 0.150 e. The Morgan fingerprint density at radius 3 is 0.955 bits per heavy atom. The van der Waals surface area contributed by atoms with Crippen LogP contribution in [-0.4, -0.2) is 12.6 Å². The number of carbonyl (C=O) groups is 2. The molecule has 2 heteroatoms. The molecule has 0 spiro atoms. The van der Waals surface area contributed by atoms with Crippen LogP contribution >= 0.6 is 0 Å². The number of aryl methyl sites for hydroxylation is 6. The molecule has 0 aromatic heterocycles. The van der Waals surface area contributed by atoms with Gasteiger partial charge in [0.2, 0.25) is 0 Å². The molecule has 0 atom stereocenters. The first-order valence-corrected chi connectivity index (χ1v) is 7.36. The molecular formula is C20H24O2.